The Kier molecular flexibility index (Phi) is 3.55. The van der Waals surface area contributed by atoms with Crippen LogP contribution in [0, 0.1) is 6.92 Å². The predicted octanol–water partition coefficient (Wildman–Crippen LogP) is 0.181. The van der Waals surface area contributed by atoms with E-state index in [9.17, 15) is 14.4 Å². The molecule has 0 aliphatic carbocycles. The lowest BCUT2D eigenvalue weighted by molar-refractivity contribution is -0.125. The van der Waals surface area contributed by atoms with Gasteiger partial charge in [-0.25, -0.2) is 4.79 Å². The molecule has 0 aromatic carbocycles. The molecule has 1 aromatic rings. The van der Waals surface area contributed by atoms with Crippen LogP contribution in [0.2, 0.25) is 0 Å². The summed E-state index contributed by atoms with van der Waals surface area (Å²) in [6.45, 7) is 1.64. The van der Waals surface area contributed by atoms with Crippen molar-refractivity contribution < 1.29 is 23.9 Å². The van der Waals surface area contributed by atoms with Crippen molar-refractivity contribution in [1.82, 2.24) is 10.6 Å². The van der Waals surface area contributed by atoms with Gasteiger partial charge in [-0.3, -0.25) is 9.59 Å². The van der Waals surface area contributed by atoms with Crippen LogP contribution in [0.25, 0.3) is 0 Å². The van der Waals surface area contributed by atoms with Gasteiger partial charge in [0.2, 0.25) is 11.8 Å². The van der Waals surface area contributed by atoms with Crippen LogP contribution >= 0.6 is 0 Å². The van der Waals surface area contributed by atoms with Gasteiger partial charge in [-0.2, -0.15) is 0 Å². The number of nitrogens with one attached hydrogen (secondary N) is 2. The fourth-order valence-corrected chi connectivity index (χ4v) is 1.95. The third kappa shape index (κ3) is 2.93. The normalized spacial score (nSPS) is 18.2. The Bertz CT molecular complexity index is 534. The molecular formula is C12H14N2O5. The van der Waals surface area contributed by atoms with Crippen molar-refractivity contribution in [2.24, 2.45) is 0 Å². The van der Waals surface area contributed by atoms with Gasteiger partial charge in [0.25, 0.3) is 0 Å². The predicted molar refractivity (Wildman–Crippen MR) is 63.4 cm³/mol. The van der Waals surface area contributed by atoms with Gasteiger partial charge in [-0.1, -0.05) is 0 Å². The lowest BCUT2D eigenvalue weighted by Gasteiger charge is -2.09. The molecule has 2 heterocycles. The summed E-state index contributed by atoms with van der Waals surface area (Å²) in [6, 6.07) is 0.869. The number of aromatic carboxylic acids is 1. The number of carbonyl (C=O) groups is 3. The molecule has 1 aliphatic rings. The van der Waals surface area contributed by atoms with E-state index in [0.717, 1.165) is 0 Å². The fraction of sp³-hybridized carbons (Fsp3) is 0.417. The molecule has 1 fully saturated rings. The summed E-state index contributed by atoms with van der Waals surface area (Å²) in [4.78, 5) is 33.5. The van der Waals surface area contributed by atoms with E-state index in [2.05, 4.69) is 10.6 Å². The van der Waals surface area contributed by atoms with Crippen molar-refractivity contribution in [3.8, 4) is 0 Å². The van der Waals surface area contributed by atoms with Crippen LogP contribution in [0.3, 0.4) is 0 Å². The summed E-state index contributed by atoms with van der Waals surface area (Å²) in [5.41, 5.74) is 0.0819. The summed E-state index contributed by atoms with van der Waals surface area (Å²) in [6.07, 6.45) is 0.823. The number of hydrogen-bond acceptors (Lipinski definition) is 4. The van der Waals surface area contributed by atoms with E-state index in [4.69, 9.17) is 9.52 Å². The minimum atomic E-state index is -1.07. The fourth-order valence-electron chi connectivity index (χ4n) is 1.95. The summed E-state index contributed by atoms with van der Waals surface area (Å²) in [7, 11) is 0. The average Bonchev–Trinajstić information content (AvgIpc) is 2.92. The van der Waals surface area contributed by atoms with E-state index < -0.39 is 12.0 Å². The number of furan rings is 1. The summed E-state index contributed by atoms with van der Waals surface area (Å²) in [5.74, 6) is -0.834. The third-order valence-corrected chi connectivity index (χ3v) is 2.95. The number of carbonyl (C=O) groups excluding carboxylic acids is 2. The molecular weight excluding hydrogens is 252 g/mol. The van der Waals surface area contributed by atoms with Gasteiger partial charge in [0, 0.05) is 6.42 Å². The first-order chi connectivity index (χ1) is 8.97. The molecule has 1 aliphatic heterocycles. The van der Waals surface area contributed by atoms with E-state index in [1.54, 1.807) is 6.92 Å². The largest absolute Gasteiger partial charge is 0.478 e. The van der Waals surface area contributed by atoms with Crippen LogP contribution in [0.15, 0.2) is 10.5 Å². The Morgan fingerprint density at radius 2 is 2.32 bits per heavy atom. The van der Waals surface area contributed by atoms with Crippen LogP contribution in [0.1, 0.15) is 34.7 Å². The van der Waals surface area contributed by atoms with Gasteiger partial charge >= 0.3 is 5.97 Å². The lowest BCUT2D eigenvalue weighted by Crippen LogP contribution is -2.41. The van der Waals surface area contributed by atoms with Crippen molar-refractivity contribution in [1.29, 1.82) is 0 Å². The molecule has 3 N–H and O–H groups in total. The molecule has 0 spiro atoms. The van der Waals surface area contributed by atoms with Crippen LogP contribution in [0.5, 0.6) is 0 Å². The van der Waals surface area contributed by atoms with Gasteiger partial charge in [0.15, 0.2) is 0 Å². The molecule has 2 amide bonds. The Balaban J connectivity index is 1.92. The van der Waals surface area contributed by atoms with Crippen LogP contribution in [0.4, 0.5) is 0 Å². The number of rotatable bonds is 4. The maximum absolute atomic E-state index is 11.7. The Morgan fingerprint density at radius 3 is 2.84 bits per heavy atom. The van der Waals surface area contributed by atoms with Crippen molar-refractivity contribution in [3.63, 3.8) is 0 Å². The molecule has 1 aromatic heterocycles. The molecule has 2 rings (SSSR count). The molecule has 7 nitrogen and oxygen atoms in total. The van der Waals surface area contributed by atoms with Crippen molar-refractivity contribution >= 4 is 17.8 Å². The van der Waals surface area contributed by atoms with Gasteiger partial charge in [0.1, 0.15) is 23.1 Å². The number of aryl methyl sites for hydroxylation is 1. The first kappa shape index (κ1) is 13.1. The Morgan fingerprint density at radius 1 is 1.58 bits per heavy atom. The van der Waals surface area contributed by atoms with Crippen LogP contribution < -0.4 is 10.6 Å². The summed E-state index contributed by atoms with van der Waals surface area (Å²) >= 11 is 0. The van der Waals surface area contributed by atoms with E-state index in [1.807, 2.05) is 0 Å². The molecule has 102 valence electrons. The van der Waals surface area contributed by atoms with Crippen LogP contribution in [-0.2, 0) is 16.1 Å². The molecule has 1 saturated heterocycles. The number of carboxylic acids is 1. The highest BCUT2D eigenvalue weighted by Crippen LogP contribution is 2.14. The highest BCUT2D eigenvalue weighted by molar-refractivity contribution is 5.91. The zero-order chi connectivity index (χ0) is 14.0. The molecule has 0 radical (unpaired) electrons. The SMILES string of the molecule is Cc1oc(CNC(=O)[C@H]2CCC(=O)N2)cc1C(=O)O. The second kappa shape index (κ2) is 5.13. The molecule has 7 heteroatoms. The van der Waals surface area contributed by atoms with Crippen molar-refractivity contribution in [3.05, 3.63) is 23.2 Å². The van der Waals surface area contributed by atoms with E-state index >= 15 is 0 Å². The first-order valence-electron chi connectivity index (χ1n) is 5.87. The first-order valence-corrected chi connectivity index (χ1v) is 5.87. The Labute approximate surface area is 109 Å². The van der Waals surface area contributed by atoms with E-state index in [0.29, 0.717) is 24.4 Å². The van der Waals surface area contributed by atoms with Gasteiger partial charge in [-0.15, -0.1) is 0 Å². The van der Waals surface area contributed by atoms with Gasteiger partial charge in [-0.05, 0) is 19.4 Å². The van der Waals surface area contributed by atoms with Crippen molar-refractivity contribution in [2.45, 2.75) is 32.4 Å². The molecule has 0 unspecified atom stereocenters. The highest BCUT2D eigenvalue weighted by Gasteiger charge is 2.27. The highest BCUT2D eigenvalue weighted by atomic mass is 16.4. The lowest BCUT2D eigenvalue weighted by atomic mass is 10.2. The second-order valence-electron chi connectivity index (χ2n) is 4.36. The molecule has 0 bridgehead atoms. The van der Waals surface area contributed by atoms with Crippen LogP contribution in [-0.4, -0.2) is 28.9 Å². The number of hydrogen-bond donors (Lipinski definition) is 3. The maximum Gasteiger partial charge on any atom is 0.339 e. The van der Waals surface area contributed by atoms with E-state index in [-0.39, 0.29) is 23.9 Å². The maximum atomic E-state index is 11.7. The van der Waals surface area contributed by atoms with Crippen molar-refractivity contribution in [2.75, 3.05) is 0 Å². The van der Waals surface area contributed by atoms with E-state index in [1.165, 1.54) is 6.07 Å². The minimum Gasteiger partial charge on any atom is -0.478 e. The zero-order valence-electron chi connectivity index (χ0n) is 10.4. The smallest absolute Gasteiger partial charge is 0.339 e. The number of carboxylic acid groups (broad SMARTS) is 1. The second-order valence-corrected chi connectivity index (χ2v) is 4.36. The topological polar surface area (TPSA) is 109 Å². The minimum absolute atomic E-state index is 0.0819. The molecule has 19 heavy (non-hydrogen) atoms. The Hall–Kier alpha value is -2.31. The quantitative estimate of drug-likeness (QED) is 0.720. The number of amides is 2. The zero-order valence-corrected chi connectivity index (χ0v) is 10.4. The summed E-state index contributed by atoms with van der Waals surface area (Å²) < 4.78 is 5.23. The standard InChI is InChI=1S/C12H14N2O5/c1-6-8(12(17)18)4-7(19-6)5-13-11(16)9-2-3-10(15)14-9/h4,9H,2-3,5H2,1H3,(H,13,16)(H,14,15)(H,17,18)/t9-/m1/s1. The monoisotopic (exact) mass is 266 g/mol. The van der Waals surface area contributed by atoms with Gasteiger partial charge in [0.05, 0.1) is 6.54 Å². The average molecular weight is 266 g/mol. The van der Waals surface area contributed by atoms with Gasteiger partial charge < -0.3 is 20.2 Å². The molecule has 0 saturated carbocycles. The third-order valence-electron chi connectivity index (χ3n) is 2.95. The summed E-state index contributed by atoms with van der Waals surface area (Å²) in [5, 5.41) is 14.0. The molecule has 1 atom stereocenters.